The minimum Gasteiger partial charge on any atom is -0.495 e. The van der Waals surface area contributed by atoms with Crippen LogP contribution in [0.15, 0.2) is 30.3 Å². The van der Waals surface area contributed by atoms with Crippen molar-refractivity contribution in [3.05, 3.63) is 52.0 Å². The summed E-state index contributed by atoms with van der Waals surface area (Å²) in [6.45, 7) is 1.03. The number of aliphatic hydroxyl groups excluding tert-OH is 3. The van der Waals surface area contributed by atoms with Crippen LogP contribution in [0.25, 0.3) is 0 Å². The Bertz CT molecular complexity index is 938. The molecule has 31 heavy (non-hydrogen) atoms. The molecule has 3 N–H and O–H groups in total. The molecule has 0 aliphatic carbocycles. The van der Waals surface area contributed by atoms with Gasteiger partial charge < -0.3 is 34.3 Å². The number of methoxy groups -OCH3 is 1. The fraction of sp³-hybridized carbons (Fsp3) is 0.455. The van der Waals surface area contributed by atoms with E-state index in [1.54, 1.807) is 12.3 Å². The Morgan fingerprint density at radius 1 is 1.03 bits per heavy atom. The number of fused-ring (bicyclic) bond motifs is 1. The molecule has 0 amide bonds. The smallest absolute Gasteiger partial charge is 0.161 e. The summed E-state index contributed by atoms with van der Waals surface area (Å²) >= 11 is 7.84. The average molecular weight is 469 g/mol. The highest BCUT2D eigenvalue weighted by Crippen LogP contribution is 2.40. The maximum Gasteiger partial charge on any atom is 0.161 e. The molecule has 0 spiro atoms. The maximum absolute atomic E-state index is 10.6. The molecule has 168 valence electrons. The van der Waals surface area contributed by atoms with E-state index < -0.39 is 29.9 Å². The topological polar surface area (TPSA) is 97.6 Å². The number of hydrogen-bond donors (Lipinski definition) is 3. The van der Waals surface area contributed by atoms with Gasteiger partial charge in [-0.1, -0.05) is 23.7 Å². The third kappa shape index (κ3) is 4.46. The minimum atomic E-state index is -1.33. The van der Waals surface area contributed by atoms with Gasteiger partial charge in [0.05, 0.1) is 12.1 Å². The molecule has 0 radical (unpaired) electrons. The normalized spacial score (nSPS) is 27.7. The molecular formula is C22H25ClO7S. The molecule has 2 aromatic carbocycles. The van der Waals surface area contributed by atoms with Crippen LogP contribution in [0.1, 0.15) is 22.8 Å². The SMILES string of the molecule is COc1cc(C2OC(SC)C(O)C(O)C2O)cc(Cc2ccc3c(c2)OCCO3)c1Cl. The molecule has 2 aliphatic heterocycles. The Hall–Kier alpha value is -1.68. The van der Waals surface area contributed by atoms with Gasteiger partial charge in [-0.25, -0.2) is 0 Å². The summed E-state index contributed by atoms with van der Waals surface area (Å²) in [5, 5.41) is 31.5. The largest absolute Gasteiger partial charge is 0.495 e. The summed E-state index contributed by atoms with van der Waals surface area (Å²) in [6.07, 6.45) is -2.41. The van der Waals surface area contributed by atoms with Crippen molar-refractivity contribution in [1.82, 2.24) is 0 Å². The summed E-state index contributed by atoms with van der Waals surface area (Å²) < 4.78 is 22.6. The Morgan fingerprint density at radius 3 is 2.48 bits per heavy atom. The van der Waals surface area contributed by atoms with Gasteiger partial charge in [0, 0.05) is 0 Å². The molecule has 0 saturated carbocycles. The minimum absolute atomic E-state index is 0.434. The van der Waals surface area contributed by atoms with Crippen molar-refractivity contribution in [3.63, 3.8) is 0 Å². The molecule has 2 heterocycles. The molecule has 5 unspecified atom stereocenters. The van der Waals surface area contributed by atoms with Gasteiger partial charge in [0.25, 0.3) is 0 Å². The molecule has 7 nitrogen and oxygen atoms in total. The molecule has 0 aromatic heterocycles. The van der Waals surface area contributed by atoms with Crippen LogP contribution in [-0.2, 0) is 11.2 Å². The highest BCUT2D eigenvalue weighted by Gasteiger charge is 2.44. The Labute approximate surface area is 189 Å². The van der Waals surface area contributed by atoms with Gasteiger partial charge in [-0.05, 0) is 47.6 Å². The molecule has 9 heteroatoms. The fourth-order valence-electron chi connectivity index (χ4n) is 3.86. The molecule has 1 fully saturated rings. The number of rotatable bonds is 5. The van der Waals surface area contributed by atoms with Crippen molar-refractivity contribution < 1.29 is 34.3 Å². The van der Waals surface area contributed by atoms with Gasteiger partial charge in [0.2, 0.25) is 0 Å². The molecule has 2 aliphatic rings. The van der Waals surface area contributed by atoms with Crippen molar-refractivity contribution >= 4 is 23.4 Å². The maximum atomic E-state index is 10.6. The first-order chi connectivity index (χ1) is 14.9. The van der Waals surface area contributed by atoms with Crippen LogP contribution in [0, 0.1) is 0 Å². The van der Waals surface area contributed by atoms with Gasteiger partial charge in [0.15, 0.2) is 11.5 Å². The Balaban J connectivity index is 1.67. The molecule has 2 aromatic rings. The first kappa shape index (κ1) is 22.5. The van der Waals surface area contributed by atoms with Crippen molar-refractivity contribution in [2.75, 3.05) is 26.6 Å². The van der Waals surface area contributed by atoms with E-state index in [2.05, 4.69) is 0 Å². The zero-order chi connectivity index (χ0) is 22.1. The van der Waals surface area contributed by atoms with E-state index in [4.69, 9.17) is 30.5 Å². The van der Waals surface area contributed by atoms with Gasteiger partial charge in [0.1, 0.15) is 48.8 Å². The second-order valence-electron chi connectivity index (χ2n) is 7.48. The van der Waals surface area contributed by atoms with Gasteiger partial charge >= 0.3 is 0 Å². The van der Waals surface area contributed by atoms with Crippen LogP contribution >= 0.6 is 23.4 Å². The lowest BCUT2D eigenvalue weighted by atomic mass is 9.92. The standard InChI is InChI=1S/C22H25ClO7S/c1-27-16-10-13(21-19(25)18(24)20(26)22(30-21)31-2)9-12(17(16)23)7-11-3-4-14-15(8-11)29-6-5-28-14/h3-4,8-10,18-22,24-26H,5-7H2,1-2H3. The molecule has 0 bridgehead atoms. The van der Waals surface area contributed by atoms with Gasteiger partial charge in [-0.15, -0.1) is 11.8 Å². The Morgan fingerprint density at radius 2 is 1.77 bits per heavy atom. The number of hydrogen-bond acceptors (Lipinski definition) is 8. The van der Waals surface area contributed by atoms with Crippen molar-refractivity contribution in [2.24, 2.45) is 0 Å². The van der Waals surface area contributed by atoms with E-state index in [0.29, 0.717) is 47.5 Å². The van der Waals surface area contributed by atoms with Gasteiger partial charge in [-0.2, -0.15) is 0 Å². The van der Waals surface area contributed by atoms with Crippen LogP contribution in [-0.4, -0.2) is 65.6 Å². The van der Waals surface area contributed by atoms with E-state index in [9.17, 15) is 15.3 Å². The highest BCUT2D eigenvalue weighted by molar-refractivity contribution is 7.99. The van der Waals surface area contributed by atoms with Crippen LogP contribution in [0.4, 0.5) is 0 Å². The monoisotopic (exact) mass is 468 g/mol. The van der Waals surface area contributed by atoms with E-state index in [1.165, 1.54) is 18.9 Å². The predicted octanol–water partition coefficient (Wildman–Crippen LogP) is 2.55. The summed E-state index contributed by atoms with van der Waals surface area (Å²) in [7, 11) is 1.51. The Kier molecular flexibility index (Phi) is 6.86. The fourth-order valence-corrected chi connectivity index (χ4v) is 4.78. The third-order valence-corrected chi connectivity index (χ3v) is 6.77. The molecular weight excluding hydrogens is 444 g/mol. The first-order valence-electron chi connectivity index (χ1n) is 9.90. The number of thioether (sulfide) groups is 1. The number of ether oxygens (including phenoxy) is 4. The van der Waals surface area contributed by atoms with Crippen LogP contribution < -0.4 is 14.2 Å². The second-order valence-corrected chi connectivity index (χ2v) is 8.80. The summed E-state index contributed by atoms with van der Waals surface area (Å²) in [5.41, 5.74) is 1.66. The lowest BCUT2D eigenvalue weighted by Gasteiger charge is -2.40. The predicted molar refractivity (Wildman–Crippen MR) is 117 cm³/mol. The van der Waals surface area contributed by atoms with Crippen molar-refractivity contribution in [2.45, 2.75) is 36.3 Å². The summed E-state index contributed by atoms with van der Waals surface area (Å²) in [5.74, 6) is 1.83. The first-order valence-corrected chi connectivity index (χ1v) is 11.6. The average Bonchev–Trinajstić information content (AvgIpc) is 2.79. The van der Waals surface area contributed by atoms with Gasteiger partial charge in [-0.3, -0.25) is 0 Å². The van der Waals surface area contributed by atoms with Crippen LogP contribution in [0.5, 0.6) is 17.2 Å². The third-order valence-electron chi connectivity index (χ3n) is 5.49. The van der Waals surface area contributed by atoms with E-state index in [-0.39, 0.29) is 0 Å². The van der Waals surface area contributed by atoms with Crippen molar-refractivity contribution in [3.8, 4) is 17.2 Å². The van der Waals surface area contributed by atoms with Crippen molar-refractivity contribution in [1.29, 1.82) is 0 Å². The van der Waals surface area contributed by atoms with Crippen LogP contribution in [0.3, 0.4) is 0 Å². The zero-order valence-corrected chi connectivity index (χ0v) is 18.7. The van der Waals surface area contributed by atoms with Crippen LogP contribution in [0.2, 0.25) is 5.02 Å². The number of halogens is 1. The lowest BCUT2D eigenvalue weighted by molar-refractivity contribution is -0.200. The summed E-state index contributed by atoms with van der Waals surface area (Å²) in [6, 6.07) is 9.24. The molecule has 4 rings (SSSR count). The molecule has 5 atom stereocenters. The van der Waals surface area contributed by atoms with E-state index in [0.717, 1.165) is 11.1 Å². The second kappa shape index (κ2) is 9.44. The lowest BCUT2D eigenvalue weighted by Crippen LogP contribution is -2.52. The quantitative estimate of drug-likeness (QED) is 0.616. The van der Waals surface area contributed by atoms with E-state index >= 15 is 0 Å². The number of aliphatic hydroxyl groups is 3. The number of benzene rings is 2. The highest BCUT2D eigenvalue weighted by atomic mass is 35.5. The summed E-state index contributed by atoms with van der Waals surface area (Å²) in [4.78, 5) is 0. The molecule has 1 saturated heterocycles. The zero-order valence-electron chi connectivity index (χ0n) is 17.2. The van der Waals surface area contributed by atoms with E-state index in [1.807, 2.05) is 24.3 Å².